The van der Waals surface area contributed by atoms with Gasteiger partial charge in [0.15, 0.2) is 0 Å². The van der Waals surface area contributed by atoms with Crippen LogP contribution in [0.4, 0.5) is 5.69 Å². The number of hydrogen-bond donors (Lipinski definition) is 1. The molecule has 1 aromatic heterocycles. The quantitative estimate of drug-likeness (QED) is 0.927. The Hall–Kier alpha value is -1.53. The van der Waals surface area contributed by atoms with Gasteiger partial charge in [0.25, 0.3) is 0 Å². The SMILES string of the molecule is CS(=O)(=O)Nc1cccc(Cl)c1-n1cccn1. The summed E-state index contributed by atoms with van der Waals surface area (Å²) in [5.74, 6) is 0. The maximum absolute atomic E-state index is 11.2. The van der Waals surface area contributed by atoms with Crippen molar-refractivity contribution in [3.8, 4) is 5.69 Å². The van der Waals surface area contributed by atoms with Gasteiger partial charge in [0.1, 0.15) is 5.69 Å². The number of nitrogens with one attached hydrogen (secondary N) is 1. The second kappa shape index (κ2) is 4.38. The minimum absolute atomic E-state index is 0.392. The molecule has 1 aromatic carbocycles. The molecule has 2 aromatic rings. The molecule has 2 rings (SSSR count). The minimum atomic E-state index is -3.36. The molecule has 0 aliphatic carbocycles. The summed E-state index contributed by atoms with van der Waals surface area (Å²) < 4.78 is 26.4. The second-order valence-electron chi connectivity index (χ2n) is 3.46. The average Bonchev–Trinajstić information content (AvgIpc) is 2.68. The van der Waals surface area contributed by atoms with Crippen LogP contribution in [-0.2, 0) is 10.0 Å². The van der Waals surface area contributed by atoms with Crippen molar-refractivity contribution in [2.24, 2.45) is 0 Å². The number of benzene rings is 1. The van der Waals surface area contributed by atoms with E-state index in [-0.39, 0.29) is 0 Å². The third-order valence-electron chi connectivity index (χ3n) is 2.02. The largest absolute Gasteiger partial charge is 0.282 e. The van der Waals surface area contributed by atoms with Gasteiger partial charge in [-0.25, -0.2) is 13.1 Å². The van der Waals surface area contributed by atoms with Gasteiger partial charge in [-0.15, -0.1) is 0 Å². The van der Waals surface area contributed by atoms with Gasteiger partial charge in [-0.3, -0.25) is 4.72 Å². The first kappa shape index (κ1) is 11.9. The van der Waals surface area contributed by atoms with Crippen molar-refractivity contribution in [1.29, 1.82) is 0 Å². The molecule has 0 saturated heterocycles. The van der Waals surface area contributed by atoms with Crippen LogP contribution in [0.1, 0.15) is 0 Å². The monoisotopic (exact) mass is 271 g/mol. The normalized spacial score (nSPS) is 11.4. The fourth-order valence-corrected chi connectivity index (χ4v) is 2.26. The van der Waals surface area contributed by atoms with Crippen molar-refractivity contribution >= 4 is 27.3 Å². The molecule has 0 aliphatic heterocycles. The molecule has 0 spiro atoms. The van der Waals surface area contributed by atoms with Gasteiger partial charge in [0.2, 0.25) is 10.0 Å². The van der Waals surface area contributed by atoms with E-state index >= 15 is 0 Å². The van der Waals surface area contributed by atoms with Crippen LogP contribution in [0.3, 0.4) is 0 Å². The Balaban J connectivity index is 2.57. The Morgan fingerprint density at radius 1 is 1.35 bits per heavy atom. The summed E-state index contributed by atoms with van der Waals surface area (Å²) in [5.41, 5.74) is 0.897. The molecule has 0 fully saturated rings. The summed E-state index contributed by atoms with van der Waals surface area (Å²) in [4.78, 5) is 0. The predicted octanol–water partition coefficient (Wildman–Crippen LogP) is 1.90. The maximum Gasteiger partial charge on any atom is 0.229 e. The van der Waals surface area contributed by atoms with Gasteiger partial charge in [0, 0.05) is 12.4 Å². The van der Waals surface area contributed by atoms with Crippen LogP contribution >= 0.6 is 11.6 Å². The van der Waals surface area contributed by atoms with E-state index in [9.17, 15) is 8.42 Å². The fourth-order valence-electron chi connectivity index (χ4n) is 1.43. The van der Waals surface area contributed by atoms with Crippen molar-refractivity contribution in [3.05, 3.63) is 41.7 Å². The lowest BCUT2D eigenvalue weighted by molar-refractivity contribution is 0.606. The maximum atomic E-state index is 11.2. The van der Waals surface area contributed by atoms with E-state index in [0.717, 1.165) is 6.26 Å². The first-order valence-electron chi connectivity index (χ1n) is 4.74. The van der Waals surface area contributed by atoms with Gasteiger partial charge in [-0.1, -0.05) is 17.7 Å². The zero-order valence-corrected chi connectivity index (χ0v) is 10.5. The van der Waals surface area contributed by atoms with Crippen molar-refractivity contribution < 1.29 is 8.42 Å². The highest BCUT2D eigenvalue weighted by molar-refractivity contribution is 7.92. The Bertz CT molecular complexity index is 623. The molecule has 1 heterocycles. The topological polar surface area (TPSA) is 64.0 Å². The first-order chi connectivity index (χ1) is 7.97. The lowest BCUT2D eigenvalue weighted by atomic mass is 10.3. The Morgan fingerprint density at radius 2 is 2.12 bits per heavy atom. The van der Waals surface area contributed by atoms with E-state index in [0.29, 0.717) is 16.4 Å². The van der Waals surface area contributed by atoms with Crippen molar-refractivity contribution in [1.82, 2.24) is 9.78 Å². The third-order valence-corrected chi connectivity index (χ3v) is 2.91. The Morgan fingerprint density at radius 3 is 2.71 bits per heavy atom. The Labute approximate surface area is 104 Å². The average molecular weight is 272 g/mol. The van der Waals surface area contributed by atoms with Gasteiger partial charge < -0.3 is 0 Å². The Kier molecular flexibility index (Phi) is 3.08. The summed E-state index contributed by atoms with van der Waals surface area (Å²) in [7, 11) is -3.36. The van der Waals surface area contributed by atoms with E-state index in [1.807, 2.05) is 0 Å². The molecule has 0 radical (unpaired) electrons. The predicted molar refractivity (Wildman–Crippen MR) is 67.0 cm³/mol. The molecule has 90 valence electrons. The molecule has 0 unspecified atom stereocenters. The van der Waals surface area contributed by atoms with Crippen LogP contribution in [0.2, 0.25) is 5.02 Å². The summed E-state index contributed by atoms with van der Waals surface area (Å²) in [6.07, 6.45) is 4.36. The van der Waals surface area contributed by atoms with Crippen LogP contribution in [0.15, 0.2) is 36.7 Å². The number of rotatable bonds is 3. The van der Waals surface area contributed by atoms with Crippen molar-refractivity contribution in [2.45, 2.75) is 0 Å². The molecule has 0 atom stereocenters. The lowest BCUT2D eigenvalue weighted by Gasteiger charge is -2.12. The van der Waals surface area contributed by atoms with Gasteiger partial charge in [-0.05, 0) is 18.2 Å². The van der Waals surface area contributed by atoms with Crippen LogP contribution in [0.25, 0.3) is 5.69 Å². The second-order valence-corrected chi connectivity index (χ2v) is 5.62. The van der Waals surface area contributed by atoms with Crippen molar-refractivity contribution in [2.75, 3.05) is 11.0 Å². The molecule has 0 bridgehead atoms. The van der Waals surface area contributed by atoms with Crippen LogP contribution in [0.5, 0.6) is 0 Å². The molecule has 0 aliphatic rings. The molecule has 5 nitrogen and oxygen atoms in total. The third kappa shape index (κ3) is 2.78. The van der Waals surface area contributed by atoms with Crippen molar-refractivity contribution in [3.63, 3.8) is 0 Å². The standard InChI is InChI=1S/C10H10ClN3O2S/c1-17(15,16)13-9-5-2-4-8(11)10(9)14-7-3-6-12-14/h2-7,13H,1H3. The number of nitrogens with zero attached hydrogens (tertiary/aromatic N) is 2. The number of para-hydroxylation sites is 1. The molecule has 0 amide bonds. The summed E-state index contributed by atoms with van der Waals surface area (Å²) in [6, 6.07) is 6.70. The lowest BCUT2D eigenvalue weighted by Crippen LogP contribution is -2.12. The zero-order valence-electron chi connectivity index (χ0n) is 8.96. The first-order valence-corrected chi connectivity index (χ1v) is 7.00. The van der Waals surface area contributed by atoms with Gasteiger partial charge in [-0.2, -0.15) is 5.10 Å². The van der Waals surface area contributed by atoms with Gasteiger partial charge in [0.05, 0.1) is 17.0 Å². The van der Waals surface area contributed by atoms with Crippen LogP contribution < -0.4 is 4.72 Å². The molecule has 17 heavy (non-hydrogen) atoms. The fraction of sp³-hybridized carbons (Fsp3) is 0.100. The molecular formula is C10H10ClN3O2S. The van der Waals surface area contributed by atoms with Crippen LogP contribution in [0, 0.1) is 0 Å². The van der Waals surface area contributed by atoms with Crippen LogP contribution in [-0.4, -0.2) is 24.5 Å². The zero-order chi connectivity index (χ0) is 12.5. The molecule has 0 saturated carbocycles. The number of anilines is 1. The smallest absolute Gasteiger partial charge is 0.229 e. The number of hydrogen-bond acceptors (Lipinski definition) is 3. The molecule has 7 heteroatoms. The van der Waals surface area contributed by atoms with E-state index in [4.69, 9.17) is 11.6 Å². The molecular weight excluding hydrogens is 262 g/mol. The van der Waals surface area contributed by atoms with E-state index in [1.165, 1.54) is 4.68 Å². The highest BCUT2D eigenvalue weighted by atomic mass is 35.5. The highest BCUT2D eigenvalue weighted by Gasteiger charge is 2.12. The summed E-state index contributed by atoms with van der Waals surface area (Å²) in [6.45, 7) is 0. The summed E-state index contributed by atoms with van der Waals surface area (Å²) >= 11 is 6.05. The molecule has 1 N–H and O–H groups in total. The van der Waals surface area contributed by atoms with E-state index in [1.54, 1.807) is 36.7 Å². The minimum Gasteiger partial charge on any atom is -0.282 e. The highest BCUT2D eigenvalue weighted by Crippen LogP contribution is 2.28. The van der Waals surface area contributed by atoms with Gasteiger partial charge >= 0.3 is 0 Å². The summed E-state index contributed by atoms with van der Waals surface area (Å²) in [5, 5.41) is 4.45. The van der Waals surface area contributed by atoms with E-state index in [2.05, 4.69) is 9.82 Å². The number of halogens is 1. The number of aromatic nitrogens is 2. The number of sulfonamides is 1. The van der Waals surface area contributed by atoms with E-state index < -0.39 is 10.0 Å².